The van der Waals surface area contributed by atoms with Crippen molar-refractivity contribution in [3.05, 3.63) is 72.1 Å². The number of benzene rings is 1. The molecule has 1 atom stereocenters. The Balaban J connectivity index is 1.23. The first-order valence-electron chi connectivity index (χ1n) is 10.6. The molecule has 4 heterocycles. The van der Waals surface area contributed by atoms with Gasteiger partial charge in [-0.15, -0.1) is 10.2 Å². The average Bonchev–Trinajstić information content (AvgIpc) is 3.45. The summed E-state index contributed by atoms with van der Waals surface area (Å²) in [5.41, 5.74) is 0.536. The van der Waals surface area contributed by atoms with Crippen molar-refractivity contribution in [2.75, 3.05) is 13.1 Å². The van der Waals surface area contributed by atoms with E-state index in [1.807, 2.05) is 33.7 Å². The number of carbonyl (C=O) groups is 1. The van der Waals surface area contributed by atoms with Crippen molar-refractivity contribution in [2.24, 2.45) is 0 Å². The fourth-order valence-electron chi connectivity index (χ4n) is 4.20. The number of fused-ring (bicyclic) bond motifs is 1. The number of hydrogen-bond donors (Lipinski definition) is 0. The minimum Gasteiger partial charge on any atom is -0.441 e. The number of pyridine rings is 1. The van der Waals surface area contributed by atoms with Crippen LogP contribution in [0.5, 0.6) is 0 Å². The lowest BCUT2D eigenvalue weighted by Crippen LogP contribution is -2.39. The van der Waals surface area contributed by atoms with Crippen LogP contribution in [0.15, 0.2) is 53.2 Å². The molecule has 1 amide bonds. The highest BCUT2D eigenvalue weighted by atomic mass is 19.1. The third-order valence-corrected chi connectivity index (χ3v) is 5.79. The smallest absolute Gasteiger partial charge is 0.223 e. The van der Waals surface area contributed by atoms with Gasteiger partial charge in [-0.25, -0.2) is 13.8 Å². The maximum absolute atomic E-state index is 14.0. The highest BCUT2D eigenvalue weighted by Crippen LogP contribution is 2.28. The first kappa shape index (κ1) is 20.3. The summed E-state index contributed by atoms with van der Waals surface area (Å²) in [6, 6.07) is 9.37. The Morgan fingerprint density at radius 1 is 1.12 bits per heavy atom. The largest absolute Gasteiger partial charge is 0.441 e. The molecular weight excluding hydrogens is 416 g/mol. The number of aryl methyl sites for hydroxylation is 1. The zero-order chi connectivity index (χ0) is 22.1. The monoisotopic (exact) mass is 437 g/mol. The normalized spacial score (nSPS) is 16.6. The molecule has 1 fully saturated rings. The van der Waals surface area contributed by atoms with Crippen LogP contribution in [0.2, 0.25) is 0 Å². The summed E-state index contributed by atoms with van der Waals surface area (Å²) in [6.45, 7) is 1.26. The quantitative estimate of drug-likeness (QED) is 0.472. The van der Waals surface area contributed by atoms with Gasteiger partial charge in [0.1, 0.15) is 17.5 Å². The lowest BCUT2D eigenvalue weighted by Gasteiger charge is -2.32. The molecule has 9 heteroatoms. The van der Waals surface area contributed by atoms with E-state index in [0.717, 1.165) is 36.4 Å². The minimum absolute atomic E-state index is 0.0136. The summed E-state index contributed by atoms with van der Waals surface area (Å²) in [6.07, 6.45) is 5.50. The number of hydrogen-bond acceptors (Lipinski definition) is 5. The number of carbonyl (C=O) groups excluding carboxylic acids is 1. The van der Waals surface area contributed by atoms with Crippen LogP contribution in [0.4, 0.5) is 8.78 Å². The highest BCUT2D eigenvalue weighted by molar-refractivity contribution is 5.76. The van der Waals surface area contributed by atoms with Gasteiger partial charge in [-0.3, -0.25) is 9.20 Å². The first-order valence-corrected chi connectivity index (χ1v) is 10.6. The Morgan fingerprint density at radius 2 is 1.97 bits per heavy atom. The molecule has 164 valence electrons. The van der Waals surface area contributed by atoms with Crippen molar-refractivity contribution in [1.29, 1.82) is 0 Å². The second-order valence-electron chi connectivity index (χ2n) is 7.88. The van der Waals surface area contributed by atoms with Crippen molar-refractivity contribution in [2.45, 2.75) is 31.6 Å². The Kier molecular flexibility index (Phi) is 5.38. The third-order valence-electron chi connectivity index (χ3n) is 5.79. The van der Waals surface area contributed by atoms with Crippen LogP contribution >= 0.6 is 0 Å². The molecule has 0 radical (unpaired) electrons. The van der Waals surface area contributed by atoms with Crippen molar-refractivity contribution in [3.63, 3.8) is 0 Å². The topological polar surface area (TPSA) is 76.5 Å². The summed E-state index contributed by atoms with van der Waals surface area (Å²) < 4.78 is 35.4. The lowest BCUT2D eigenvalue weighted by molar-refractivity contribution is -0.132. The Bertz CT molecular complexity index is 1250. The number of nitrogens with zero attached hydrogens (tertiary/aromatic N) is 5. The van der Waals surface area contributed by atoms with Crippen molar-refractivity contribution >= 4 is 11.6 Å². The van der Waals surface area contributed by atoms with E-state index in [0.29, 0.717) is 13.1 Å². The van der Waals surface area contributed by atoms with Gasteiger partial charge in [-0.2, -0.15) is 0 Å². The molecule has 0 spiro atoms. The number of piperidine rings is 1. The molecule has 1 aromatic carbocycles. The SMILES string of the molecule is O=C(CCc1ncc(-c2c(F)cccc2F)o1)N1CCC[C@H](c2nnc3ccccn23)C1. The number of likely N-dealkylation sites (tertiary alicyclic amines) is 1. The summed E-state index contributed by atoms with van der Waals surface area (Å²) in [5.74, 6) is -0.189. The van der Waals surface area contributed by atoms with Gasteiger partial charge in [0.2, 0.25) is 5.91 Å². The molecule has 0 bridgehead atoms. The summed E-state index contributed by atoms with van der Waals surface area (Å²) in [7, 11) is 0. The fraction of sp³-hybridized carbons (Fsp3) is 0.304. The minimum atomic E-state index is -0.718. The van der Waals surface area contributed by atoms with E-state index < -0.39 is 11.6 Å². The van der Waals surface area contributed by atoms with E-state index in [2.05, 4.69) is 15.2 Å². The maximum Gasteiger partial charge on any atom is 0.223 e. The van der Waals surface area contributed by atoms with Gasteiger partial charge in [-0.1, -0.05) is 12.1 Å². The molecule has 1 aliphatic rings. The first-order chi connectivity index (χ1) is 15.6. The van der Waals surface area contributed by atoms with E-state index in [-0.39, 0.29) is 41.9 Å². The average molecular weight is 437 g/mol. The predicted molar refractivity (Wildman–Crippen MR) is 112 cm³/mol. The zero-order valence-corrected chi connectivity index (χ0v) is 17.2. The van der Waals surface area contributed by atoms with Gasteiger partial charge in [0, 0.05) is 38.0 Å². The molecule has 3 aromatic heterocycles. The predicted octanol–water partition coefficient (Wildman–Crippen LogP) is 4.00. The van der Waals surface area contributed by atoms with Gasteiger partial charge in [0.15, 0.2) is 17.3 Å². The van der Waals surface area contributed by atoms with E-state index in [4.69, 9.17) is 4.42 Å². The molecule has 1 aliphatic heterocycles. The molecule has 1 saturated heterocycles. The van der Waals surface area contributed by atoms with Crippen molar-refractivity contribution in [1.82, 2.24) is 24.5 Å². The van der Waals surface area contributed by atoms with Crippen LogP contribution in [0.25, 0.3) is 17.0 Å². The van der Waals surface area contributed by atoms with E-state index in [1.54, 1.807) is 0 Å². The number of amides is 1. The van der Waals surface area contributed by atoms with Crippen LogP contribution in [-0.2, 0) is 11.2 Å². The molecule has 5 rings (SSSR count). The van der Waals surface area contributed by atoms with Gasteiger partial charge in [0.25, 0.3) is 0 Å². The van der Waals surface area contributed by atoms with Gasteiger partial charge in [-0.05, 0) is 37.1 Å². The molecule has 32 heavy (non-hydrogen) atoms. The number of halogens is 2. The van der Waals surface area contributed by atoms with Crippen LogP contribution in [0, 0.1) is 11.6 Å². The number of aromatic nitrogens is 4. The van der Waals surface area contributed by atoms with Crippen LogP contribution < -0.4 is 0 Å². The number of rotatable bonds is 5. The highest BCUT2D eigenvalue weighted by Gasteiger charge is 2.28. The molecule has 0 saturated carbocycles. The summed E-state index contributed by atoms with van der Waals surface area (Å²) in [4.78, 5) is 18.8. The summed E-state index contributed by atoms with van der Waals surface area (Å²) in [5, 5.41) is 8.56. The van der Waals surface area contributed by atoms with E-state index >= 15 is 0 Å². The molecule has 7 nitrogen and oxygen atoms in total. The molecule has 0 N–H and O–H groups in total. The molecule has 0 aliphatic carbocycles. The maximum atomic E-state index is 14.0. The van der Waals surface area contributed by atoms with Crippen molar-refractivity contribution in [3.8, 4) is 11.3 Å². The molecule has 0 unspecified atom stereocenters. The fourth-order valence-corrected chi connectivity index (χ4v) is 4.20. The number of oxazole rings is 1. The Morgan fingerprint density at radius 3 is 2.81 bits per heavy atom. The van der Waals surface area contributed by atoms with Crippen LogP contribution in [0.1, 0.15) is 36.9 Å². The van der Waals surface area contributed by atoms with E-state index in [1.165, 1.54) is 12.3 Å². The van der Waals surface area contributed by atoms with Gasteiger partial charge >= 0.3 is 0 Å². The molecule has 4 aromatic rings. The Labute approximate surface area is 182 Å². The Hall–Kier alpha value is -3.62. The van der Waals surface area contributed by atoms with Gasteiger partial charge < -0.3 is 9.32 Å². The van der Waals surface area contributed by atoms with Crippen LogP contribution in [-0.4, -0.2) is 43.5 Å². The lowest BCUT2D eigenvalue weighted by atomic mass is 9.97. The second-order valence-corrected chi connectivity index (χ2v) is 7.88. The van der Waals surface area contributed by atoms with Crippen molar-refractivity contribution < 1.29 is 18.0 Å². The summed E-state index contributed by atoms with van der Waals surface area (Å²) >= 11 is 0. The van der Waals surface area contributed by atoms with Crippen LogP contribution in [0.3, 0.4) is 0 Å². The zero-order valence-electron chi connectivity index (χ0n) is 17.2. The van der Waals surface area contributed by atoms with Gasteiger partial charge in [0.05, 0.1) is 11.8 Å². The van der Waals surface area contributed by atoms with E-state index in [9.17, 15) is 13.6 Å². The molecular formula is C23H21F2N5O2. The second kappa shape index (κ2) is 8.49. The third kappa shape index (κ3) is 3.86. The standard InChI is InChI=1S/C23H21F2N5O2/c24-16-6-3-7-17(25)22(16)18-13-26-20(32-18)9-10-21(31)29-11-4-5-15(14-29)23-28-27-19-8-1-2-12-30(19)23/h1-3,6-8,12-13,15H,4-5,9-11,14H2/t15-/m0/s1.